The van der Waals surface area contributed by atoms with Gasteiger partial charge < -0.3 is 9.47 Å². The lowest BCUT2D eigenvalue weighted by molar-refractivity contribution is -0.446. The highest BCUT2D eigenvalue weighted by Crippen LogP contribution is 2.58. The maximum atomic E-state index is 13.4. The van der Waals surface area contributed by atoms with Gasteiger partial charge in [-0.15, -0.1) is 0 Å². The standard InChI is InChI=1S/C13H13F13O2/c1-2-27-6-7-28-13(25,26)12(23,24)11(21,22)10(19,20)8(14,15)4-3-5-9(16,17)18/h2H,1,3-7H2. The van der Waals surface area contributed by atoms with Crippen molar-refractivity contribution in [2.75, 3.05) is 13.2 Å². The third-order valence-corrected chi connectivity index (χ3v) is 3.17. The third-order valence-electron chi connectivity index (χ3n) is 3.17. The van der Waals surface area contributed by atoms with E-state index in [1.807, 2.05) is 0 Å². The zero-order chi connectivity index (χ0) is 22.7. The van der Waals surface area contributed by atoms with Gasteiger partial charge in [-0.1, -0.05) is 6.58 Å². The Morgan fingerprint density at radius 3 is 1.57 bits per heavy atom. The zero-order valence-electron chi connectivity index (χ0n) is 13.6. The molecule has 2 nitrogen and oxygen atoms in total. The number of rotatable bonds is 12. The van der Waals surface area contributed by atoms with Crippen molar-refractivity contribution in [1.29, 1.82) is 0 Å². The van der Waals surface area contributed by atoms with Gasteiger partial charge in [0.15, 0.2) is 0 Å². The first-order chi connectivity index (χ1) is 12.3. The molecule has 0 amide bonds. The van der Waals surface area contributed by atoms with Crippen molar-refractivity contribution in [2.45, 2.75) is 55.2 Å². The van der Waals surface area contributed by atoms with Crippen LogP contribution in [0, 0.1) is 0 Å². The van der Waals surface area contributed by atoms with Crippen molar-refractivity contribution in [2.24, 2.45) is 0 Å². The SMILES string of the molecule is C=COCCOC(F)(F)C(F)(F)C(F)(F)C(F)(F)C(F)(F)CCCC(F)(F)F. The fourth-order valence-electron chi connectivity index (χ4n) is 1.67. The summed E-state index contributed by atoms with van der Waals surface area (Å²) in [5.41, 5.74) is 0. The molecule has 0 bridgehead atoms. The summed E-state index contributed by atoms with van der Waals surface area (Å²) < 4.78 is 176. The summed E-state index contributed by atoms with van der Waals surface area (Å²) in [6.07, 6.45) is -17.5. The van der Waals surface area contributed by atoms with Crippen LogP contribution in [0.2, 0.25) is 0 Å². The summed E-state index contributed by atoms with van der Waals surface area (Å²) in [4.78, 5) is 0. The highest BCUT2D eigenvalue weighted by molar-refractivity contribution is 5.06. The Morgan fingerprint density at radius 1 is 0.643 bits per heavy atom. The van der Waals surface area contributed by atoms with Gasteiger partial charge in [-0.05, 0) is 6.42 Å². The molecule has 0 aliphatic carbocycles. The van der Waals surface area contributed by atoms with E-state index in [9.17, 15) is 57.1 Å². The van der Waals surface area contributed by atoms with Crippen LogP contribution in [-0.2, 0) is 9.47 Å². The van der Waals surface area contributed by atoms with Crippen LogP contribution in [0.4, 0.5) is 57.1 Å². The van der Waals surface area contributed by atoms with Gasteiger partial charge in [0.1, 0.15) is 6.61 Å². The molecule has 0 aliphatic heterocycles. The molecule has 15 heteroatoms. The van der Waals surface area contributed by atoms with Crippen LogP contribution >= 0.6 is 0 Å². The van der Waals surface area contributed by atoms with E-state index in [4.69, 9.17) is 0 Å². The molecule has 0 heterocycles. The van der Waals surface area contributed by atoms with Crippen LogP contribution in [0.5, 0.6) is 0 Å². The van der Waals surface area contributed by atoms with Gasteiger partial charge in [-0.2, -0.15) is 57.1 Å². The molecule has 0 saturated carbocycles. The first-order valence-electron chi connectivity index (χ1n) is 7.09. The summed E-state index contributed by atoms with van der Waals surface area (Å²) in [5.74, 6) is -27.9. The van der Waals surface area contributed by atoms with E-state index in [0.29, 0.717) is 6.26 Å². The molecule has 28 heavy (non-hydrogen) atoms. The Balaban J connectivity index is 5.54. The van der Waals surface area contributed by atoms with Crippen molar-refractivity contribution in [1.82, 2.24) is 0 Å². The van der Waals surface area contributed by atoms with Crippen molar-refractivity contribution >= 4 is 0 Å². The van der Waals surface area contributed by atoms with E-state index in [2.05, 4.69) is 16.1 Å². The molecular weight excluding hydrogens is 435 g/mol. The van der Waals surface area contributed by atoms with Crippen LogP contribution in [0.1, 0.15) is 19.3 Å². The van der Waals surface area contributed by atoms with E-state index in [1.54, 1.807) is 0 Å². The van der Waals surface area contributed by atoms with Gasteiger partial charge in [0.05, 0.1) is 12.9 Å². The Morgan fingerprint density at radius 2 is 1.14 bits per heavy atom. The van der Waals surface area contributed by atoms with Crippen LogP contribution < -0.4 is 0 Å². The Labute approximate surface area is 149 Å². The van der Waals surface area contributed by atoms with Crippen LogP contribution in [0.3, 0.4) is 0 Å². The highest BCUT2D eigenvalue weighted by atomic mass is 19.4. The molecule has 0 fully saturated rings. The summed E-state index contributed by atoms with van der Waals surface area (Å²) >= 11 is 0. The fraction of sp³-hybridized carbons (Fsp3) is 0.846. The molecule has 0 radical (unpaired) electrons. The van der Waals surface area contributed by atoms with Gasteiger partial charge in [-0.25, -0.2) is 0 Å². The quantitative estimate of drug-likeness (QED) is 0.206. The van der Waals surface area contributed by atoms with Gasteiger partial charge in [0, 0.05) is 12.8 Å². The minimum absolute atomic E-state index is 0.601. The molecule has 0 spiro atoms. The second kappa shape index (κ2) is 8.53. The summed E-state index contributed by atoms with van der Waals surface area (Å²) in [5, 5.41) is 0. The number of hydrogen-bond acceptors (Lipinski definition) is 2. The Hall–Kier alpha value is -1.41. The maximum Gasteiger partial charge on any atom is 0.426 e. The van der Waals surface area contributed by atoms with Crippen LogP contribution in [0.15, 0.2) is 12.8 Å². The van der Waals surface area contributed by atoms with Gasteiger partial charge in [-0.3, -0.25) is 0 Å². The molecule has 168 valence electrons. The fourth-order valence-corrected chi connectivity index (χ4v) is 1.67. The van der Waals surface area contributed by atoms with Crippen molar-refractivity contribution in [3.63, 3.8) is 0 Å². The van der Waals surface area contributed by atoms with Crippen molar-refractivity contribution in [3.8, 4) is 0 Å². The molecule has 0 aliphatic rings. The summed E-state index contributed by atoms with van der Waals surface area (Å²) in [7, 11) is 0. The van der Waals surface area contributed by atoms with Gasteiger partial charge in [0.25, 0.3) is 0 Å². The largest absolute Gasteiger partial charge is 0.499 e. The number of hydrogen-bond donors (Lipinski definition) is 0. The second-order valence-corrected chi connectivity index (χ2v) is 5.30. The Bertz CT molecular complexity index is 513. The first kappa shape index (κ1) is 26.6. The molecule has 0 aromatic carbocycles. The molecule has 0 aromatic heterocycles. The normalized spacial score (nSPS) is 14.9. The van der Waals surface area contributed by atoms with Gasteiger partial charge in [0.2, 0.25) is 0 Å². The van der Waals surface area contributed by atoms with Crippen molar-refractivity contribution in [3.05, 3.63) is 12.8 Å². The minimum Gasteiger partial charge on any atom is -0.499 e. The lowest BCUT2D eigenvalue weighted by atomic mass is 9.94. The smallest absolute Gasteiger partial charge is 0.426 e. The number of ether oxygens (including phenoxy) is 2. The highest BCUT2D eigenvalue weighted by Gasteiger charge is 2.86. The number of halogens is 13. The maximum absolute atomic E-state index is 13.4. The van der Waals surface area contributed by atoms with Crippen molar-refractivity contribution < 1.29 is 66.5 Å². The van der Waals surface area contributed by atoms with Crippen LogP contribution in [-0.4, -0.2) is 49.2 Å². The lowest BCUT2D eigenvalue weighted by Gasteiger charge is -2.39. The average molecular weight is 448 g/mol. The predicted octanol–water partition coefficient (Wildman–Crippen LogP) is 6.03. The lowest BCUT2D eigenvalue weighted by Crippen LogP contribution is -2.67. The molecule has 0 atom stereocenters. The topological polar surface area (TPSA) is 18.5 Å². The minimum atomic E-state index is -7.40. The van der Waals surface area contributed by atoms with E-state index in [0.717, 1.165) is 0 Å². The summed E-state index contributed by atoms with van der Waals surface area (Å²) in [6.45, 7) is 0.398. The number of alkyl halides is 13. The average Bonchev–Trinajstić information content (AvgIpc) is 2.49. The zero-order valence-corrected chi connectivity index (χ0v) is 13.6. The summed E-state index contributed by atoms with van der Waals surface area (Å²) in [6, 6.07) is 0. The van der Waals surface area contributed by atoms with E-state index in [1.165, 1.54) is 0 Å². The van der Waals surface area contributed by atoms with E-state index >= 15 is 0 Å². The predicted molar refractivity (Wildman–Crippen MR) is 66.7 cm³/mol. The molecule has 0 N–H and O–H groups in total. The monoisotopic (exact) mass is 448 g/mol. The Kier molecular flexibility index (Phi) is 8.10. The molecule has 0 rings (SSSR count). The van der Waals surface area contributed by atoms with Gasteiger partial charge >= 0.3 is 36.0 Å². The second-order valence-electron chi connectivity index (χ2n) is 5.30. The molecule has 0 unspecified atom stereocenters. The molecular formula is C13H13F13O2. The van der Waals surface area contributed by atoms with Crippen LogP contribution in [0.25, 0.3) is 0 Å². The molecule has 0 aromatic rings. The van der Waals surface area contributed by atoms with E-state index < -0.39 is 68.5 Å². The first-order valence-corrected chi connectivity index (χ1v) is 7.09. The third kappa shape index (κ3) is 5.56. The molecule has 0 saturated heterocycles. The van der Waals surface area contributed by atoms with E-state index in [-0.39, 0.29) is 0 Å².